The summed E-state index contributed by atoms with van der Waals surface area (Å²) in [6.07, 6.45) is -11.3. The van der Waals surface area contributed by atoms with Crippen LogP contribution in [0.3, 0.4) is 0 Å². The number of aryl methyl sites for hydroxylation is 4. The summed E-state index contributed by atoms with van der Waals surface area (Å²) in [5.41, 5.74) is 4.81. The normalized spacial score (nSPS) is 13.1. The molecule has 2 aromatic carbocycles. The Morgan fingerprint density at radius 2 is 0.778 bits per heavy atom. The Labute approximate surface area is 153 Å². The molecule has 0 unspecified atom stereocenters. The zero-order valence-corrected chi connectivity index (χ0v) is 15.2. The van der Waals surface area contributed by atoms with Crippen molar-refractivity contribution in [1.29, 1.82) is 0 Å². The fourth-order valence-electron chi connectivity index (χ4n) is 4.03. The Kier molecular flexibility index (Phi) is 4.92. The lowest BCUT2D eigenvalue weighted by atomic mass is 9.67. The predicted molar refractivity (Wildman–Crippen MR) is 93.5 cm³/mol. The Balaban J connectivity index is 3.19. The fourth-order valence-corrected chi connectivity index (χ4v) is 4.03. The Bertz CT molecular complexity index is 761. The predicted octanol–water partition coefficient (Wildman–Crippen LogP) is 5.50. The molecule has 8 heteroatoms. The molecule has 0 aliphatic rings. The van der Waals surface area contributed by atoms with Crippen LogP contribution < -0.4 is 11.5 Å². The van der Waals surface area contributed by atoms with Gasteiger partial charge in [0.05, 0.1) is 0 Å². The Morgan fingerprint density at radius 3 is 0.963 bits per heavy atom. The first-order valence-corrected chi connectivity index (χ1v) is 8.02. The second-order valence-electron chi connectivity index (χ2n) is 6.80. The van der Waals surface area contributed by atoms with Crippen LogP contribution in [0.4, 0.5) is 37.7 Å². The number of halogens is 6. The van der Waals surface area contributed by atoms with E-state index in [0.29, 0.717) is 0 Å². The highest BCUT2D eigenvalue weighted by Crippen LogP contribution is 2.59. The highest BCUT2D eigenvalue weighted by molar-refractivity contribution is 5.61. The monoisotopic (exact) mass is 390 g/mol. The van der Waals surface area contributed by atoms with Crippen LogP contribution >= 0.6 is 0 Å². The van der Waals surface area contributed by atoms with Gasteiger partial charge in [0.25, 0.3) is 0 Å². The van der Waals surface area contributed by atoms with Crippen molar-refractivity contribution in [1.82, 2.24) is 0 Å². The third-order valence-corrected chi connectivity index (χ3v) is 4.71. The maximum atomic E-state index is 14.4. The molecule has 148 valence electrons. The number of alkyl halides is 6. The van der Waals surface area contributed by atoms with Crippen LogP contribution in [0.15, 0.2) is 24.3 Å². The summed E-state index contributed by atoms with van der Waals surface area (Å²) in [6, 6.07) is 4.49. The fraction of sp³-hybridized carbons (Fsp3) is 0.368. The molecule has 0 atom stereocenters. The van der Waals surface area contributed by atoms with Gasteiger partial charge in [-0.2, -0.15) is 26.3 Å². The molecule has 0 amide bonds. The Hall–Kier alpha value is -2.38. The molecule has 0 aromatic heterocycles. The van der Waals surface area contributed by atoms with Crippen molar-refractivity contribution in [3.63, 3.8) is 0 Å². The molecular formula is C19H20F6N2. The zero-order chi connectivity index (χ0) is 20.9. The first kappa shape index (κ1) is 20.9. The van der Waals surface area contributed by atoms with Gasteiger partial charge in [-0.15, -0.1) is 0 Å². The summed E-state index contributed by atoms with van der Waals surface area (Å²) in [7, 11) is 0. The lowest BCUT2D eigenvalue weighted by Crippen LogP contribution is -2.56. The van der Waals surface area contributed by atoms with Crippen LogP contribution in [0.25, 0.3) is 0 Å². The quantitative estimate of drug-likeness (QED) is 0.526. The third-order valence-electron chi connectivity index (χ3n) is 4.71. The van der Waals surface area contributed by atoms with E-state index in [1.165, 1.54) is 27.7 Å². The minimum atomic E-state index is -5.65. The van der Waals surface area contributed by atoms with E-state index in [2.05, 4.69) is 0 Å². The molecule has 4 N–H and O–H groups in total. The van der Waals surface area contributed by atoms with E-state index in [0.717, 1.165) is 24.3 Å². The first-order chi connectivity index (χ1) is 12.1. The van der Waals surface area contributed by atoms with Crippen molar-refractivity contribution in [2.75, 3.05) is 11.5 Å². The van der Waals surface area contributed by atoms with Gasteiger partial charge < -0.3 is 11.5 Å². The number of hydrogen-bond acceptors (Lipinski definition) is 2. The van der Waals surface area contributed by atoms with Gasteiger partial charge in [-0.1, -0.05) is 0 Å². The number of benzene rings is 2. The molecule has 27 heavy (non-hydrogen) atoms. The largest absolute Gasteiger partial charge is 0.411 e. The van der Waals surface area contributed by atoms with E-state index in [1.54, 1.807) is 0 Å². The molecule has 0 aliphatic heterocycles. The van der Waals surface area contributed by atoms with Gasteiger partial charge in [-0.25, -0.2) is 0 Å². The average molecular weight is 390 g/mol. The second-order valence-corrected chi connectivity index (χ2v) is 6.80. The van der Waals surface area contributed by atoms with E-state index in [9.17, 15) is 26.3 Å². The van der Waals surface area contributed by atoms with Crippen LogP contribution in [0.2, 0.25) is 0 Å². The summed E-state index contributed by atoms with van der Waals surface area (Å²) < 4.78 is 86.3. The Morgan fingerprint density at radius 1 is 0.556 bits per heavy atom. The maximum absolute atomic E-state index is 14.4. The summed E-state index contributed by atoms with van der Waals surface area (Å²) in [5.74, 6) is 0. The first-order valence-electron chi connectivity index (χ1n) is 8.02. The van der Waals surface area contributed by atoms with Crippen molar-refractivity contribution < 1.29 is 26.3 Å². The van der Waals surface area contributed by atoms with Gasteiger partial charge in [-0.05, 0) is 85.3 Å². The van der Waals surface area contributed by atoms with Crippen LogP contribution in [-0.2, 0) is 5.41 Å². The third kappa shape index (κ3) is 3.11. The van der Waals surface area contributed by atoms with E-state index < -0.39 is 28.9 Å². The van der Waals surface area contributed by atoms with Crippen LogP contribution in [0, 0.1) is 27.7 Å². The van der Waals surface area contributed by atoms with Crippen LogP contribution in [-0.4, -0.2) is 12.4 Å². The van der Waals surface area contributed by atoms with Crippen molar-refractivity contribution in [2.24, 2.45) is 0 Å². The van der Waals surface area contributed by atoms with Gasteiger partial charge in [-0.3, -0.25) is 0 Å². The summed E-state index contributed by atoms with van der Waals surface area (Å²) >= 11 is 0. The highest BCUT2D eigenvalue weighted by Gasteiger charge is 2.74. The van der Waals surface area contributed by atoms with Gasteiger partial charge in [0, 0.05) is 11.4 Å². The van der Waals surface area contributed by atoms with Crippen LogP contribution in [0.1, 0.15) is 33.4 Å². The van der Waals surface area contributed by atoms with E-state index in [1.807, 2.05) is 0 Å². The number of nitrogens with two attached hydrogens (primary N) is 2. The van der Waals surface area contributed by atoms with Crippen molar-refractivity contribution in [3.8, 4) is 0 Å². The number of hydrogen-bond donors (Lipinski definition) is 2. The van der Waals surface area contributed by atoms with Gasteiger partial charge in [0.1, 0.15) is 0 Å². The lowest BCUT2D eigenvalue weighted by molar-refractivity contribution is -0.289. The van der Waals surface area contributed by atoms with Crippen molar-refractivity contribution in [3.05, 3.63) is 57.6 Å². The second kappa shape index (κ2) is 6.35. The highest BCUT2D eigenvalue weighted by atomic mass is 19.4. The van der Waals surface area contributed by atoms with E-state index in [-0.39, 0.29) is 33.6 Å². The lowest BCUT2D eigenvalue weighted by Gasteiger charge is -2.42. The standard InChI is InChI=1S/C19H20F6N2/c1-9-5-13(26)6-10(2)15(9)17(18(20,21)22,19(23,24)25)16-11(3)7-14(27)8-12(16)4/h5-8H,26-27H2,1-4H3. The molecule has 0 saturated carbocycles. The van der Waals surface area contributed by atoms with Crippen molar-refractivity contribution >= 4 is 11.4 Å². The molecule has 0 radical (unpaired) electrons. The topological polar surface area (TPSA) is 52.0 Å². The minimum Gasteiger partial charge on any atom is -0.399 e. The molecular weight excluding hydrogens is 370 g/mol. The number of nitrogen functional groups attached to an aromatic ring is 2. The average Bonchev–Trinajstić information content (AvgIpc) is 2.40. The molecule has 0 saturated heterocycles. The molecule has 0 spiro atoms. The number of anilines is 2. The van der Waals surface area contributed by atoms with E-state index >= 15 is 0 Å². The van der Waals surface area contributed by atoms with Crippen molar-refractivity contribution in [2.45, 2.75) is 45.5 Å². The van der Waals surface area contributed by atoms with Gasteiger partial charge >= 0.3 is 12.4 Å². The van der Waals surface area contributed by atoms with Gasteiger partial charge in [0.2, 0.25) is 5.41 Å². The summed E-state index contributed by atoms with van der Waals surface area (Å²) in [5, 5.41) is 0. The molecule has 2 aromatic rings. The molecule has 0 aliphatic carbocycles. The SMILES string of the molecule is Cc1cc(N)cc(C)c1C(c1c(C)cc(N)cc1C)(C(F)(F)F)C(F)(F)F. The molecule has 2 nitrogen and oxygen atoms in total. The molecule has 0 bridgehead atoms. The van der Waals surface area contributed by atoms with Crippen LogP contribution in [0.5, 0.6) is 0 Å². The molecule has 0 heterocycles. The number of rotatable bonds is 2. The zero-order valence-electron chi connectivity index (χ0n) is 15.2. The van der Waals surface area contributed by atoms with E-state index in [4.69, 9.17) is 11.5 Å². The molecule has 0 fully saturated rings. The van der Waals surface area contributed by atoms with Gasteiger partial charge in [0.15, 0.2) is 0 Å². The maximum Gasteiger partial charge on any atom is 0.411 e. The minimum absolute atomic E-state index is 0.0951. The summed E-state index contributed by atoms with van der Waals surface area (Å²) in [6.45, 7) is 4.81. The molecule has 2 rings (SSSR count). The smallest absolute Gasteiger partial charge is 0.399 e. The summed E-state index contributed by atoms with van der Waals surface area (Å²) in [4.78, 5) is 0.